The number of carboxylic acid groups (broad SMARTS) is 2. The van der Waals surface area contributed by atoms with Crippen LogP contribution >= 0.6 is 12.6 Å². The van der Waals surface area contributed by atoms with E-state index >= 15 is 0 Å². The minimum atomic E-state index is -2.27. The summed E-state index contributed by atoms with van der Waals surface area (Å²) in [5.41, 5.74) is 4.95. The molecule has 0 saturated heterocycles. The summed E-state index contributed by atoms with van der Waals surface area (Å²) in [6.45, 7) is 0.684. The Morgan fingerprint density at radius 2 is 1.36 bits per heavy atom. The van der Waals surface area contributed by atoms with Crippen LogP contribution in [0.3, 0.4) is 0 Å². The lowest BCUT2D eigenvalue weighted by Crippen LogP contribution is -2.39. The zero-order chi connectivity index (χ0) is 11.7. The molecule has 0 aromatic rings. The van der Waals surface area contributed by atoms with E-state index in [4.69, 9.17) is 26.2 Å². The fourth-order valence-electron chi connectivity index (χ4n) is 0.270. The summed E-state index contributed by atoms with van der Waals surface area (Å²) in [4.78, 5) is 19.5. The Balaban J connectivity index is 0. The van der Waals surface area contributed by atoms with Gasteiger partial charge in [0.1, 0.15) is 0 Å². The number of carbonyl (C=O) groups is 2. The Bertz CT molecular complexity index is 167. The van der Waals surface area contributed by atoms with Gasteiger partial charge in [0.05, 0.1) is 0 Å². The van der Waals surface area contributed by atoms with Crippen molar-refractivity contribution in [1.82, 2.24) is 0 Å². The summed E-state index contributed by atoms with van der Waals surface area (Å²) in [7, 11) is 0. The van der Waals surface area contributed by atoms with Gasteiger partial charge < -0.3 is 26.2 Å². The van der Waals surface area contributed by atoms with E-state index in [-0.39, 0.29) is 0 Å². The highest BCUT2D eigenvalue weighted by Gasteiger charge is 2.29. The van der Waals surface area contributed by atoms with Crippen molar-refractivity contribution >= 4 is 24.6 Å². The number of hydrogen-bond donors (Lipinski definition) is 6. The summed E-state index contributed by atoms with van der Waals surface area (Å²) in [5, 5.41) is 32.5. The van der Waals surface area contributed by atoms with Crippen molar-refractivity contribution < 1.29 is 30.0 Å². The molecule has 0 heterocycles. The summed E-state index contributed by atoms with van der Waals surface area (Å²) in [5.74, 6) is -2.75. The second kappa shape index (κ2) is 8.75. The van der Waals surface area contributed by atoms with Gasteiger partial charge in [-0.15, -0.1) is 0 Å². The van der Waals surface area contributed by atoms with Gasteiger partial charge in [-0.05, 0) is 0 Å². The van der Waals surface area contributed by atoms with Crippen LogP contribution in [0.5, 0.6) is 0 Å². The van der Waals surface area contributed by atoms with E-state index < -0.39 is 24.1 Å². The molecule has 0 aliphatic carbocycles. The minimum absolute atomic E-state index is 0.684. The van der Waals surface area contributed by atoms with Crippen molar-refractivity contribution in [2.75, 3.05) is 12.3 Å². The van der Waals surface area contributed by atoms with Crippen LogP contribution in [0.15, 0.2) is 0 Å². The zero-order valence-corrected chi connectivity index (χ0v) is 8.09. The number of carboxylic acids is 2. The van der Waals surface area contributed by atoms with Gasteiger partial charge in [-0.1, -0.05) is 0 Å². The van der Waals surface area contributed by atoms with Crippen LogP contribution in [0.2, 0.25) is 0 Å². The lowest BCUT2D eigenvalue weighted by atomic mass is 10.2. The first-order valence-corrected chi connectivity index (χ1v) is 4.14. The average Bonchev–Trinajstić information content (AvgIpc) is 2.15. The SMILES string of the molecule is NCCS.O=C(O)[C@H](O)[C@@H](O)C(=O)O. The van der Waals surface area contributed by atoms with Crippen LogP contribution in [-0.2, 0) is 9.59 Å². The van der Waals surface area contributed by atoms with E-state index in [2.05, 4.69) is 12.6 Å². The van der Waals surface area contributed by atoms with Gasteiger partial charge in [-0.3, -0.25) is 0 Å². The highest BCUT2D eigenvalue weighted by atomic mass is 32.1. The van der Waals surface area contributed by atoms with Gasteiger partial charge >= 0.3 is 11.9 Å². The topological polar surface area (TPSA) is 141 Å². The van der Waals surface area contributed by atoms with E-state index in [1.807, 2.05) is 0 Å². The number of nitrogens with two attached hydrogens (primary N) is 1. The first-order chi connectivity index (χ1) is 6.38. The molecule has 0 aromatic carbocycles. The maximum Gasteiger partial charge on any atom is 0.335 e. The molecule has 6 N–H and O–H groups in total. The molecule has 0 amide bonds. The maximum atomic E-state index is 9.77. The van der Waals surface area contributed by atoms with Crippen LogP contribution < -0.4 is 5.73 Å². The minimum Gasteiger partial charge on any atom is -0.479 e. The molecular formula is C6H13NO6S. The number of aliphatic carboxylic acids is 2. The molecule has 0 rings (SSSR count). The highest BCUT2D eigenvalue weighted by molar-refractivity contribution is 7.80. The molecule has 14 heavy (non-hydrogen) atoms. The monoisotopic (exact) mass is 227 g/mol. The number of thiol groups is 1. The Kier molecular flexibility index (Phi) is 9.78. The Morgan fingerprint density at radius 1 is 1.14 bits per heavy atom. The van der Waals surface area contributed by atoms with Crippen LogP contribution in [0.1, 0.15) is 0 Å². The van der Waals surface area contributed by atoms with Gasteiger partial charge in [0.25, 0.3) is 0 Å². The van der Waals surface area contributed by atoms with Crippen LogP contribution in [-0.4, -0.2) is 56.9 Å². The molecule has 0 bridgehead atoms. The first kappa shape index (κ1) is 15.6. The second-order valence-corrected chi connectivity index (χ2v) is 2.53. The van der Waals surface area contributed by atoms with Crippen LogP contribution in [0.4, 0.5) is 0 Å². The van der Waals surface area contributed by atoms with Crippen molar-refractivity contribution in [3.63, 3.8) is 0 Å². The average molecular weight is 227 g/mol. The highest BCUT2D eigenvalue weighted by Crippen LogP contribution is 1.92. The Hall–Kier alpha value is -0.830. The van der Waals surface area contributed by atoms with Crippen molar-refractivity contribution in [2.24, 2.45) is 5.73 Å². The van der Waals surface area contributed by atoms with E-state index in [1.165, 1.54) is 0 Å². The van der Waals surface area contributed by atoms with Crippen molar-refractivity contribution in [2.45, 2.75) is 12.2 Å². The smallest absolute Gasteiger partial charge is 0.335 e. The quantitative estimate of drug-likeness (QED) is 0.298. The van der Waals surface area contributed by atoms with Gasteiger partial charge in [0.2, 0.25) is 0 Å². The third-order valence-electron chi connectivity index (χ3n) is 0.934. The predicted octanol–water partition coefficient (Wildman–Crippen LogP) is -2.25. The standard InChI is InChI=1S/C4H6O6.C2H7NS/c5-1(3(7)8)2(6)4(9)10;3-1-2-4/h1-2,5-6H,(H,7,8)(H,9,10);4H,1-3H2/t1-,2-;/m1./s1. The van der Waals surface area contributed by atoms with Crippen molar-refractivity contribution in [3.8, 4) is 0 Å². The summed E-state index contributed by atoms with van der Waals surface area (Å²) in [6.07, 6.45) is -4.53. The molecule has 8 heteroatoms. The molecule has 0 aromatic heterocycles. The molecule has 84 valence electrons. The normalized spacial score (nSPS) is 13.4. The third kappa shape index (κ3) is 7.80. The van der Waals surface area contributed by atoms with E-state index in [9.17, 15) is 9.59 Å². The second-order valence-electron chi connectivity index (χ2n) is 2.08. The lowest BCUT2D eigenvalue weighted by molar-refractivity contribution is -0.165. The van der Waals surface area contributed by atoms with E-state index in [0.29, 0.717) is 6.54 Å². The molecule has 0 radical (unpaired) electrons. The number of aliphatic hydroxyl groups excluding tert-OH is 2. The first-order valence-electron chi connectivity index (χ1n) is 3.51. The van der Waals surface area contributed by atoms with E-state index in [1.54, 1.807) is 0 Å². The molecule has 0 saturated carbocycles. The maximum absolute atomic E-state index is 9.77. The third-order valence-corrected chi connectivity index (χ3v) is 1.19. The lowest BCUT2D eigenvalue weighted by Gasteiger charge is -2.07. The van der Waals surface area contributed by atoms with Gasteiger partial charge in [-0.2, -0.15) is 12.6 Å². The van der Waals surface area contributed by atoms with Crippen LogP contribution in [0, 0.1) is 0 Å². The van der Waals surface area contributed by atoms with Gasteiger partial charge in [0, 0.05) is 12.3 Å². The van der Waals surface area contributed by atoms with Gasteiger partial charge in [-0.25, -0.2) is 9.59 Å². The van der Waals surface area contributed by atoms with E-state index in [0.717, 1.165) is 5.75 Å². The van der Waals surface area contributed by atoms with Crippen LogP contribution in [0.25, 0.3) is 0 Å². The number of rotatable bonds is 4. The predicted molar refractivity (Wildman–Crippen MR) is 50.2 cm³/mol. The summed E-state index contributed by atoms with van der Waals surface area (Å²) in [6, 6.07) is 0. The Morgan fingerprint density at radius 3 is 1.43 bits per heavy atom. The molecule has 7 nitrogen and oxygen atoms in total. The van der Waals surface area contributed by atoms with Crippen molar-refractivity contribution in [3.05, 3.63) is 0 Å². The molecule has 0 spiro atoms. The number of aliphatic hydroxyl groups is 2. The fourth-order valence-corrected chi connectivity index (χ4v) is 0.270. The number of hydrogen-bond acceptors (Lipinski definition) is 6. The van der Waals surface area contributed by atoms with Gasteiger partial charge in [0.15, 0.2) is 12.2 Å². The van der Waals surface area contributed by atoms with Crippen molar-refractivity contribution in [1.29, 1.82) is 0 Å². The molecule has 0 aliphatic heterocycles. The summed E-state index contributed by atoms with van der Waals surface area (Å²) >= 11 is 3.80. The molecular weight excluding hydrogens is 214 g/mol. The molecule has 2 atom stereocenters. The molecule has 0 fully saturated rings. The zero-order valence-electron chi connectivity index (χ0n) is 7.20. The largest absolute Gasteiger partial charge is 0.479 e. The fraction of sp³-hybridized carbons (Fsp3) is 0.667. The molecule has 0 aliphatic rings. The molecule has 0 unspecified atom stereocenters. The summed E-state index contributed by atoms with van der Waals surface area (Å²) < 4.78 is 0. The Labute approximate surface area is 85.6 Å².